The van der Waals surface area contributed by atoms with Gasteiger partial charge in [-0.2, -0.15) is 0 Å². The number of carbonyl (C=O) groups is 1. The van der Waals surface area contributed by atoms with Gasteiger partial charge in [-0.1, -0.05) is 36.4 Å². The summed E-state index contributed by atoms with van der Waals surface area (Å²) in [6.07, 6.45) is 4.73. The largest absolute Gasteiger partial charge is 0.445 e. The zero-order chi connectivity index (χ0) is 14.9. The van der Waals surface area contributed by atoms with E-state index in [2.05, 4.69) is 10.3 Å². The highest BCUT2D eigenvalue weighted by Crippen LogP contribution is 2.08. The van der Waals surface area contributed by atoms with E-state index >= 15 is 0 Å². The molecule has 0 saturated carbocycles. The van der Waals surface area contributed by atoms with E-state index in [1.54, 1.807) is 30.5 Å². The lowest BCUT2D eigenvalue weighted by Gasteiger charge is -2.05. The topological polar surface area (TPSA) is 77.2 Å². The molecule has 0 radical (unpaired) electrons. The highest BCUT2D eigenvalue weighted by molar-refractivity contribution is 5.68. The number of nitrogen functional groups attached to an aromatic ring is 1. The number of carbonyl (C=O) groups excluding carboxylic acids is 1. The summed E-state index contributed by atoms with van der Waals surface area (Å²) >= 11 is 0. The van der Waals surface area contributed by atoms with Crippen LogP contribution in [0, 0.1) is 0 Å². The number of nitrogens with two attached hydrogens (primary N) is 1. The summed E-state index contributed by atoms with van der Waals surface area (Å²) in [5.74, 6) is 0. The molecule has 0 spiro atoms. The summed E-state index contributed by atoms with van der Waals surface area (Å²) in [4.78, 5) is 15.6. The molecule has 0 bridgehead atoms. The standard InChI is InChI=1S/C16H17N3O2/c17-14-8-4-10-18-15(14)9-5-11-19-16(20)21-12-13-6-2-1-3-7-13/h1-10H,11-12,17H2,(H,19,20). The van der Waals surface area contributed by atoms with Crippen LogP contribution >= 0.6 is 0 Å². The number of ether oxygens (including phenoxy) is 1. The van der Waals surface area contributed by atoms with E-state index in [1.807, 2.05) is 30.3 Å². The van der Waals surface area contributed by atoms with Crippen LogP contribution in [0.2, 0.25) is 0 Å². The van der Waals surface area contributed by atoms with Crippen molar-refractivity contribution < 1.29 is 9.53 Å². The van der Waals surface area contributed by atoms with Gasteiger partial charge < -0.3 is 15.8 Å². The minimum Gasteiger partial charge on any atom is -0.445 e. The molecule has 21 heavy (non-hydrogen) atoms. The van der Waals surface area contributed by atoms with Crippen molar-refractivity contribution in [3.63, 3.8) is 0 Å². The molecule has 108 valence electrons. The lowest BCUT2D eigenvalue weighted by atomic mass is 10.2. The van der Waals surface area contributed by atoms with Gasteiger partial charge >= 0.3 is 6.09 Å². The molecule has 1 amide bonds. The molecular weight excluding hydrogens is 266 g/mol. The lowest BCUT2D eigenvalue weighted by Crippen LogP contribution is -2.24. The van der Waals surface area contributed by atoms with Gasteiger partial charge in [-0.25, -0.2) is 4.79 Å². The van der Waals surface area contributed by atoms with Crippen LogP contribution in [-0.4, -0.2) is 17.6 Å². The first-order chi connectivity index (χ1) is 10.3. The van der Waals surface area contributed by atoms with Crippen LogP contribution in [0.25, 0.3) is 6.08 Å². The van der Waals surface area contributed by atoms with Crippen molar-refractivity contribution in [3.8, 4) is 0 Å². The average molecular weight is 283 g/mol. The first kappa shape index (κ1) is 14.6. The van der Waals surface area contributed by atoms with E-state index in [4.69, 9.17) is 10.5 Å². The fourth-order valence-corrected chi connectivity index (χ4v) is 1.66. The highest BCUT2D eigenvalue weighted by Gasteiger charge is 2.00. The van der Waals surface area contributed by atoms with Gasteiger partial charge in [-0.3, -0.25) is 4.98 Å². The second-order valence-electron chi connectivity index (χ2n) is 4.32. The number of aromatic nitrogens is 1. The number of alkyl carbamates (subject to hydrolysis) is 1. The SMILES string of the molecule is Nc1cccnc1C=CCNC(=O)OCc1ccccc1. The highest BCUT2D eigenvalue weighted by atomic mass is 16.5. The van der Waals surface area contributed by atoms with Gasteiger partial charge in [-0.05, 0) is 23.8 Å². The Morgan fingerprint density at radius 3 is 2.81 bits per heavy atom. The first-order valence-electron chi connectivity index (χ1n) is 6.57. The van der Waals surface area contributed by atoms with E-state index in [0.29, 0.717) is 17.9 Å². The summed E-state index contributed by atoms with van der Waals surface area (Å²) in [5, 5.41) is 2.63. The normalized spacial score (nSPS) is 10.5. The molecule has 0 atom stereocenters. The van der Waals surface area contributed by atoms with Crippen LogP contribution in [0.4, 0.5) is 10.5 Å². The summed E-state index contributed by atoms with van der Waals surface area (Å²) < 4.78 is 5.08. The van der Waals surface area contributed by atoms with Gasteiger partial charge in [0.2, 0.25) is 0 Å². The van der Waals surface area contributed by atoms with Gasteiger partial charge in [0.1, 0.15) is 6.61 Å². The Hall–Kier alpha value is -2.82. The number of hydrogen-bond acceptors (Lipinski definition) is 4. The summed E-state index contributed by atoms with van der Waals surface area (Å²) in [6, 6.07) is 13.1. The number of rotatable bonds is 5. The van der Waals surface area contributed by atoms with Crippen LogP contribution < -0.4 is 11.1 Å². The number of pyridine rings is 1. The maximum Gasteiger partial charge on any atom is 0.407 e. The summed E-state index contributed by atoms with van der Waals surface area (Å²) in [6.45, 7) is 0.604. The Balaban J connectivity index is 1.71. The lowest BCUT2D eigenvalue weighted by molar-refractivity contribution is 0.141. The van der Waals surface area contributed by atoms with Crippen LogP contribution in [0.1, 0.15) is 11.3 Å². The third-order valence-electron chi connectivity index (χ3n) is 2.72. The Morgan fingerprint density at radius 2 is 2.05 bits per heavy atom. The number of amides is 1. The van der Waals surface area contributed by atoms with E-state index < -0.39 is 6.09 Å². The number of benzene rings is 1. The molecule has 0 fully saturated rings. The van der Waals surface area contributed by atoms with Gasteiger partial charge in [0.15, 0.2) is 0 Å². The predicted octanol–water partition coefficient (Wildman–Crippen LogP) is 2.60. The van der Waals surface area contributed by atoms with Crippen LogP contribution in [0.5, 0.6) is 0 Å². The van der Waals surface area contributed by atoms with Crippen molar-refractivity contribution >= 4 is 17.9 Å². The quantitative estimate of drug-likeness (QED) is 0.884. The minimum absolute atomic E-state index is 0.254. The van der Waals surface area contributed by atoms with Crippen molar-refractivity contribution in [2.75, 3.05) is 12.3 Å². The second kappa shape index (κ2) is 7.69. The van der Waals surface area contributed by atoms with Crippen molar-refractivity contribution in [2.24, 2.45) is 0 Å². The molecule has 0 saturated heterocycles. The van der Waals surface area contributed by atoms with Crippen LogP contribution in [0.3, 0.4) is 0 Å². The Kier molecular flexibility index (Phi) is 5.34. The molecule has 5 nitrogen and oxygen atoms in total. The Bertz CT molecular complexity index is 612. The molecule has 3 N–H and O–H groups in total. The molecule has 1 aromatic heterocycles. The maximum atomic E-state index is 11.5. The molecule has 5 heteroatoms. The maximum absolute atomic E-state index is 11.5. The average Bonchev–Trinajstić information content (AvgIpc) is 2.52. The number of hydrogen-bond donors (Lipinski definition) is 2. The monoisotopic (exact) mass is 283 g/mol. The third kappa shape index (κ3) is 4.99. The van der Waals surface area contributed by atoms with Gasteiger partial charge in [0.05, 0.1) is 11.4 Å². The van der Waals surface area contributed by atoms with Gasteiger partial charge in [0, 0.05) is 12.7 Å². The molecule has 0 aliphatic rings. The van der Waals surface area contributed by atoms with Crippen LogP contribution in [-0.2, 0) is 11.3 Å². The van der Waals surface area contributed by atoms with E-state index in [1.165, 1.54) is 0 Å². The molecule has 1 heterocycles. The van der Waals surface area contributed by atoms with Crippen molar-refractivity contribution in [1.29, 1.82) is 0 Å². The Morgan fingerprint density at radius 1 is 1.24 bits per heavy atom. The summed E-state index contributed by atoms with van der Waals surface area (Å²) in [7, 11) is 0. The van der Waals surface area contributed by atoms with Crippen molar-refractivity contribution in [2.45, 2.75) is 6.61 Å². The van der Waals surface area contributed by atoms with Crippen molar-refractivity contribution in [1.82, 2.24) is 10.3 Å². The minimum atomic E-state index is -0.461. The van der Waals surface area contributed by atoms with Gasteiger partial charge in [0.25, 0.3) is 0 Å². The smallest absolute Gasteiger partial charge is 0.407 e. The number of nitrogens with zero attached hydrogens (tertiary/aromatic N) is 1. The molecule has 0 aliphatic heterocycles. The predicted molar refractivity (Wildman–Crippen MR) is 82.3 cm³/mol. The molecule has 2 aromatic rings. The first-order valence-corrected chi connectivity index (χ1v) is 6.57. The molecular formula is C16H17N3O2. The van der Waals surface area contributed by atoms with E-state index in [-0.39, 0.29) is 6.61 Å². The molecule has 2 rings (SSSR count). The fraction of sp³-hybridized carbons (Fsp3) is 0.125. The molecule has 0 aliphatic carbocycles. The van der Waals surface area contributed by atoms with Crippen molar-refractivity contribution in [3.05, 3.63) is 66.0 Å². The molecule has 1 aromatic carbocycles. The zero-order valence-corrected chi connectivity index (χ0v) is 11.5. The molecule has 0 unspecified atom stereocenters. The number of anilines is 1. The second-order valence-corrected chi connectivity index (χ2v) is 4.32. The Labute approximate surface area is 123 Å². The number of nitrogens with one attached hydrogen (secondary N) is 1. The van der Waals surface area contributed by atoms with Crippen LogP contribution in [0.15, 0.2) is 54.7 Å². The van der Waals surface area contributed by atoms with E-state index in [0.717, 1.165) is 5.56 Å². The van der Waals surface area contributed by atoms with Gasteiger partial charge in [-0.15, -0.1) is 0 Å². The zero-order valence-electron chi connectivity index (χ0n) is 11.5. The third-order valence-corrected chi connectivity index (χ3v) is 2.72. The summed E-state index contributed by atoms with van der Waals surface area (Å²) in [5.41, 5.74) is 7.97. The van der Waals surface area contributed by atoms with E-state index in [9.17, 15) is 4.79 Å². The fourth-order valence-electron chi connectivity index (χ4n) is 1.66.